The van der Waals surface area contributed by atoms with E-state index in [0.29, 0.717) is 12.4 Å². The van der Waals surface area contributed by atoms with Gasteiger partial charge in [-0.3, -0.25) is 15.0 Å². The highest BCUT2D eigenvalue weighted by Gasteiger charge is 2.21. The van der Waals surface area contributed by atoms with E-state index < -0.39 is 4.92 Å². The number of nitrogens with zero attached hydrogens (tertiary/aromatic N) is 2. The van der Waals surface area contributed by atoms with E-state index in [1.54, 1.807) is 12.1 Å². The van der Waals surface area contributed by atoms with Crippen molar-refractivity contribution >= 4 is 5.69 Å². The number of morpholine rings is 1. The molecular formula is C14H20N2O4. The highest BCUT2D eigenvalue weighted by molar-refractivity contribution is 5.37. The minimum absolute atomic E-state index is 0.0520. The second-order valence-electron chi connectivity index (χ2n) is 5.12. The van der Waals surface area contributed by atoms with Crippen molar-refractivity contribution in [1.29, 1.82) is 0 Å². The van der Waals surface area contributed by atoms with Crippen LogP contribution in [0.15, 0.2) is 24.3 Å². The van der Waals surface area contributed by atoms with E-state index in [0.717, 1.165) is 19.6 Å². The SMILES string of the molecule is C[C@H]1CN(CCOc2cccc([N+](=O)[O-])c2)C[C@H](C)O1. The summed E-state index contributed by atoms with van der Waals surface area (Å²) in [5.41, 5.74) is 0.0520. The standard InChI is InChI=1S/C14H20N2O4/c1-11-9-15(10-12(2)20-11)6-7-19-14-5-3-4-13(8-14)16(17)18/h3-5,8,11-12H,6-7,9-10H2,1-2H3/t11-,12-/m0/s1. The maximum atomic E-state index is 10.7. The van der Waals surface area contributed by atoms with Crippen LogP contribution >= 0.6 is 0 Å². The van der Waals surface area contributed by atoms with E-state index >= 15 is 0 Å². The third kappa shape index (κ3) is 4.18. The first-order valence-electron chi connectivity index (χ1n) is 6.79. The minimum Gasteiger partial charge on any atom is -0.492 e. The molecule has 0 aliphatic carbocycles. The zero-order valence-electron chi connectivity index (χ0n) is 11.8. The molecule has 110 valence electrons. The van der Waals surface area contributed by atoms with Crippen molar-refractivity contribution in [1.82, 2.24) is 4.90 Å². The van der Waals surface area contributed by atoms with E-state index in [2.05, 4.69) is 18.7 Å². The fourth-order valence-corrected chi connectivity index (χ4v) is 2.45. The maximum Gasteiger partial charge on any atom is 0.273 e. The van der Waals surface area contributed by atoms with Crippen molar-refractivity contribution in [3.05, 3.63) is 34.4 Å². The van der Waals surface area contributed by atoms with Gasteiger partial charge in [-0.1, -0.05) is 6.07 Å². The van der Waals surface area contributed by atoms with Crippen molar-refractivity contribution in [3.8, 4) is 5.75 Å². The summed E-state index contributed by atoms with van der Waals surface area (Å²) in [7, 11) is 0. The first-order chi connectivity index (χ1) is 9.54. The molecule has 20 heavy (non-hydrogen) atoms. The normalized spacial score (nSPS) is 23.5. The van der Waals surface area contributed by atoms with Gasteiger partial charge in [0.15, 0.2) is 0 Å². The van der Waals surface area contributed by atoms with Crippen LogP contribution in [0.5, 0.6) is 5.75 Å². The predicted octanol–water partition coefficient (Wildman–Crippen LogP) is 2.08. The average Bonchev–Trinajstić information content (AvgIpc) is 2.38. The topological polar surface area (TPSA) is 64.8 Å². The number of rotatable bonds is 5. The monoisotopic (exact) mass is 280 g/mol. The zero-order chi connectivity index (χ0) is 14.5. The molecule has 0 N–H and O–H groups in total. The van der Waals surface area contributed by atoms with Gasteiger partial charge in [-0.2, -0.15) is 0 Å². The first kappa shape index (κ1) is 14.7. The van der Waals surface area contributed by atoms with Crippen LogP contribution in [-0.4, -0.2) is 48.3 Å². The molecule has 1 aliphatic rings. The molecule has 1 aromatic rings. The number of hydrogen-bond donors (Lipinski definition) is 0. The van der Waals surface area contributed by atoms with E-state index in [-0.39, 0.29) is 17.9 Å². The van der Waals surface area contributed by atoms with Crippen LogP contribution in [0.3, 0.4) is 0 Å². The fourth-order valence-electron chi connectivity index (χ4n) is 2.45. The van der Waals surface area contributed by atoms with Gasteiger partial charge in [0.1, 0.15) is 12.4 Å². The Morgan fingerprint density at radius 1 is 1.40 bits per heavy atom. The van der Waals surface area contributed by atoms with E-state index in [1.165, 1.54) is 12.1 Å². The summed E-state index contributed by atoms with van der Waals surface area (Å²) in [4.78, 5) is 12.5. The molecule has 0 radical (unpaired) electrons. The molecule has 1 heterocycles. The van der Waals surface area contributed by atoms with Crippen LogP contribution in [0.4, 0.5) is 5.69 Å². The lowest BCUT2D eigenvalue weighted by Crippen LogP contribution is -2.46. The number of benzene rings is 1. The van der Waals surface area contributed by atoms with Gasteiger partial charge in [0.25, 0.3) is 5.69 Å². The molecule has 1 aliphatic heterocycles. The number of nitro groups is 1. The molecule has 1 saturated heterocycles. The van der Waals surface area contributed by atoms with Crippen LogP contribution in [0.25, 0.3) is 0 Å². The lowest BCUT2D eigenvalue weighted by atomic mass is 10.2. The maximum absolute atomic E-state index is 10.7. The van der Waals surface area contributed by atoms with Crippen molar-refractivity contribution in [3.63, 3.8) is 0 Å². The summed E-state index contributed by atoms with van der Waals surface area (Å²) in [5.74, 6) is 0.536. The van der Waals surface area contributed by atoms with E-state index in [4.69, 9.17) is 9.47 Å². The highest BCUT2D eigenvalue weighted by atomic mass is 16.6. The summed E-state index contributed by atoms with van der Waals surface area (Å²) < 4.78 is 11.2. The Morgan fingerprint density at radius 3 is 2.75 bits per heavy atom. The Bertz CT molecular complexity index is 456. The van der Waals surface area contributed by atoms with Crippen LogP contribution < -0.4 is 4.74 Å². The summed E-state index contributed by atoms with van der Waals surface area (Å²) in [6, 6.07) is 6.27. The molecule has 0 saturated carbocycles. The second kappa shape index (κ2) is 6.67. The van der Waals surface area contributed by atoms with Gasteiger partial charge in [0, 0.05) is 25.7 Å². The minimum atomic E-state index is -0.418. The average molecular weight is 280 g/mol. The molecule has 1 aromatic carbocycles. The number of nitro benzene ring substituents is 1. The molecule has 0 spiro atoms. The molecule has 0 unspecified atom stereocenters. The smallest absolute Gasteiger partial charge is 0.273 e. The number of ether oxygens (including phenoxy) is 2. The van der Waals surface area contributed by atoms with Crippen molar-refractivity contribution in [2.75, 3.05) is 26.2 Å². The third-order valence-corrected chi connectivity index (χ3v) is 3.20. The van der Waals surface area contributed by atoms with Gasteiger partial charge in [0.2, 0.25) is 0 Å². The van der Waals surface area contributed by atoms with Gasteiger partial charge in [0.05, 0.1) is 23.2 Å². The molecule has 0 bridgehead atoms. The molecule has 2 atom stereocenters. The first-order valence-corrected chi connectivity index (χ1v) is 6.79. The van der Waals surface area contributed by atoms with Crippen LogP contribution in [0.1, 0.15) is 13.8 Å². The zero-order valence-corrected chi connectivity index (χ0v) is 11.8. The quantitative estimate of drug-likeness (QED) is 0.610. The lowest BCUT2D eigenvalue weighted by molar-refractivity contribution is -0.384. The predicted molar refractivity (Wildman–Crippen MR) is 75.0 cm³/mol. The van der Waals surface area contributed by atoms with Crippen molar-refractivity contribution in [2.24, 2.45) is 0 Å². The molecule has 1 fully saturated rings. The molecule has 6 heteroatoms. The van der Waals surface area contributed by atoms with Crippen molar-refractivity contribution < 1.29 is 14.4 Å². The van der Waals surface area contributed by atoms with Crippen LogP contribution in [0, 0.1) is 10.1 Å². The van der Waals surface area contributed by atoms with Gasteiger partial charge in [-0.15, -0.1) is 0 Å². The number of hydrogen-bond acceptors (Lipinski definition) is 5. The van der Waals surface area contributed by atoms with Gasteiger partial charge in [-0.25, -0.2) is 0 Å². The molecule has 6 nitrogen and oxygen atoms in total. The van der Waals surface area contributed by atoms with Gasteiger partial charge in [-0.05, 0) is 19.9 Å². The Balaban J connectivity index is 1.81. The fraction of sp³-hybridized carbons (Fsp3) is 0.571. The van der Waals surface area contributed by atoms with E-state index in [1.807, 2.05) is 0 Å². The molecular weight excluding hydrogens is 260 g/mol. The van der Waals surface area contributed by atoms with Crippen LogP contribution in [0.2, 0.25) is 0 Å². The summed E-state index contributed by atoms with van der Waals surface area (Å²) in [6.45, 7) is 7.21. The largest absolute Gasteiger partial charge is 0.492 e. The van der Waals surface area contributed by atoms with Gasteiger partial charge >= 0.3 is 0 Å². The lowest BCUT2D eigenvalue weighted by Gasteiger charge is -2.35. The third-order valence-electron chi connectivity index (χ3n) is 3.20. The second-order valence-corrected chi connectivity index (χ2v) is 5.12. The summed E-state index contributed by atoms with van der Waals surface area (Å²) in [5, 5.41) is 10.7. The van der Waals surface area contributed by atoms with E-state index in [9.17, 15) is 10.1 Å². The van der Waals surface area contributed by atoms with Gasteiger partial charge < -0.3 is 9.47 Å². The molecule has 0 amide bonds. The van der Waals surface area contributed by atoms with Crippen LogP contribution in [-0.2, 0) is 4.74 Å². The Labute approximate surface area is 118 Å². The number of non-ortho nitro benzene ring substituents is 1. The summed E-state index contributed by atoms with van der Waals surface area (Å²) in [6.07, 6.45) is 0.466. The summed E-state index contributed by atoms with van der Waals surface area (Å²) >= 11 is 0. The highest BCUT2D eigenvalue weighted by Crippen LogP contribution is 2.19. The van der Waals surface area contributed by atoms with Crippen molar-refractivity contribution in [2.45, 2.75) is 26.1 Å². The molecule has 0 aromatic heterocycles. The Kier molecular flexibility index (Phi) is 4.92. The Hall–Kier alpha value is -1.66. The molecule has 2 rings (SSSR count). The Morgan fingerprint density at radius 2 is 2.10 bits per heavy atom.